The average molecular weight is 401 g/mol. The minimum atomic E-state index is -0.245. The maximum absolute atomic E-state index is 12.4. The SMILES string of the molecule is O=C(NCc1ccnc2[nH]ccc12)NC1CCCN(C(=O)C#Cc2ccccc2)C1. The highest BCUT2D eigenvalue weighted by Crippen LogP contribution is 2.15. The van der Waals surface area contributed by atoms with Crippen LogP contribution in [0.3, 0.4) is 0 Å². The van der Waals surface area contributed by atoms with E-state index in [1.165, 1.54) is 0 Å². The molecular weight excluding hydrogens is 378 g/mol. The van der Waals surface area contributed by atoms with Crippen molar-refractivity contribution in [1.82, 2.24) is 25.5 Å². The van der Waals surface area contributed by atoms with Crippen molar-refractivity contribution in [2.75, 3.05) is 13.1 Å². The van der Waals surface area contributed by atoms with Crippen molar-refractivity contribution in [1.29, 1.82) is 0 Å². The number of carbonyl (C=O) groups is 2. The first kappa shape index (κ1) is 19.5. The molecule has 0 radical (unpaired) electrons. The summed E-state index contributed by atoms with van der Waals surface area (Å²) < 4.78 is 0. The lowest BCUT2D eigenvalue weighted by Crippen LogP contribution is -2.51. The molecule has 4 rings (SSSR count). The largest absolute Gasteiger partial charge is 0.346 e. The molecule has 2 aromatic heterocycles. The molecule has 7 nitrogen and oxygen atoms in total. The number of nitrogens with zero attached hydrogens (tertiary/aromatic N) is 2. The number of aromatic amines is 1. The molecule has 1 aromatic carbocycles. The number of rotatable bonds is 3. The molecule has 152 valence electrons. The standard InChI is InChI=1S/C23H23N5O2/c29-21(9-8-17-5-2-1-3-6-17)28-14-4-7-19(16-28)27-23(30)26-15-18-10-12-24-22-20(18)11-13-25-22/h1-3,5-6,10-13,19H,4,7,14-16H2,(H,24,25)(H2,26,27,30). The van der Waals surface area contributed by atoms with Crippen molar-refractivity contribution < 1.29 is 9.59 Å². The Labute approximate surface area is 174 Å². The van der Waals surface area contributed by atoms with Crippen molar-refractivity contribution in [3.8, 4) is 11.8 Å². The summed E-state index contributed by atoms with van der Waals surface area (Å²) in [7, 11) is 0. The molecule has 0 aliphatic carbocycles. The maximum Gasteiger partial charge on any atom is 0.315 e. The molecular formula is C23H23N5O2. The molecule has 1 atom stereocenters. The third kappa shape index (κ3) is 4.78. The van der Waals surface area contributed by atoms with Gasteiger partial charge in [0.25, 0.3) is 5.91 Å². The molecule has 1 fully saturated rings. The predicted octanol–water partition coefficient (Wildman–Crippen LogP) is 2.40. The highest BCUT2D eigenvalue weighted by atomic mass is 16.2. The van der Waals surface area contributed by atoms with Gasteiger partial charge in [-0.3, -0.25) is 4.79 Å². The lowest BCUT2D eigenvalue weighted by atomic mass is 10.1. The fourth-order valence-corrected chi connectivity index (χ4v) is 3.59. The maximum atomic E-state index is 12.4. The Morgan fingerprint density at radius 3 is 2.93 bits per heavy atom. The van der Waals surface area contributed by atoms with E-state index < -0.39 is 0 Å². The zero-order chi connectivity index (χ0) is 20.8. The Kier molecular flexibility index (Phi) is 5.95. The quantitative estimate of drug-likeness (QED) is 0.589. The summed E-state index contributed by atoms with van der Waals surface area (Å²) in [5.41, 5.74) is 2.60. The molecule has 3 heterocycles. The number of nitrogens with one attached hydrogen (secondary N) is 3. The van der Waals surface area contributed by atoms with Crippen LogP contribution < -0.4 is 10.6 Å². The zero-order valence-electron chi connectivity index (χ0n) is 16.5. The second-order valence-electron chi connectivity index (χ2n) is 7.24. The molecule has 1 saturated heterocycles. The Balaban J connectivity index is 1.29. The molecule has 3 aromatic rings. The summed E-state index contributed by atoms with van der Waals surface area (Å²) in [5, 5.41) is 6.86. The van der Waals surface area contributed by atoms with Gasteiger partial charge in [-0.2, -0.15) is 0 Å². The molecule has 1 aliphatic rings. The van der Waals surface area contributed by atoms with Crippen LogP contribution >= 0.6 is 0 Å². The van der Waals surface area contributed by atoms with Gasteiger partial charge in [-0.15, -0.1) is 0 Å². The minimum absolute atomic E-state index is 0.0917. The number of H-pyrrole nitrogens is 1. The fourth-order valence-electron chi connectivity index (χ4n) is 3.59. The molecule has 3 amide bonds. The van der Waals surface area contributed by atoms with Crippen molar-refractivity contribution in [3.05, 3.63) is 66.0 Å². The summed E-state index contributed by atoms with van der Waals surface area (Å²) in [5.74, 6) is 5.39. The molecule has 1 unspecified atom stereocenters. The molecule has 1 aliphatic heterocycles. The van der Waals surface area contributed by atoms with E-state index in [0.717, 1.165) is 35.0 Å². The molecule has 7 heteroatoms. The van der Waals surface area contributed by atoms with E-state index >= 15 is 0 Å². The minimum Gasteiger partial charge on any atom is -0.346 e. The van der Waals surface area contributed by atoms with Gasteiger partial charge in [-0.25, -0.2) is 9.78 Å². The first-order valence-corrected chi connectivity index (χ1v) is 10.0. The van der Waals surface area contributed by atoms with Crippen LogP contribution in [0.1, 0.15) is 24.0 Å². The van der Waals surface area contributed by atoms with Crippen LogP contribution in [0.5, 0.6) is 0 Å². The Hall–Kier alpha value is -3.79. The van der Waals surface area contributed by atoms with Crippen LogP contribution in [0.25, 0.3) is 11.0 Å². The number of fused-ring (bicyclic) bond motifs is 1. The number of carbonyl (C=O) groups excluding carboxylic acids is 2. The van der Waals surface area contributed by atoms with Crippen LogP contribution in [-0.2, 0) is 11.3 Å². The molecule has 30 heavy (non-hydrogen) atoms. The zero-order valence-corrected chi connectivity index (χ0v) is 16.5. The highest BCUT2D eigenvalue weighted by molar-refractivity contribution is 5.94. The number of likely N-dealkylation sites (tertiary alicyclic amines) is 1. The fraction of sp³-hybridized carbons (Fsp3) is 0.261. The van der Waals surface area contributed by atoms with E-state index in [0.29, 0.717) is 19.6 Å². The van der Waals surface area contributed by atoms with Crippen molar-refractivity contribution in [3.63, 3.8) is 0 Å². The number of urea groups is 1. The Bertz CT molecular complexity index is 1100. The first-order valence-electron chi connectivity index (χ1n) is 10.0. The summed E-state index contributed by atoms with van der Waals surface area (Å²) in [4.78, 5) is 33.8. The number of hydrogen-bond acceptors (Lipinski definition) is 3. The molecule has 0 saturated carbocycles. The second-order valence-corrected chi connectivity index (χ2v) is 7.24. The molecule has 3 N–H and O–H groups in total. The van der Waals surface area contributed by atoms with E-state index in [4.69, 9.17) is 0 Å². The van der Waals surface area contributed by atoms with Gasteiger partial charge in [0.05, 0.1) is 0 Å². The topological polar surface area (TPSA) is 90.1 Å². The van der Waals surface area contributed by atoms with E-state index in [-0.39, 0.29) is 18.0 Å². The normalized spacial score (nSPS) is 15.9. The number of piperidine rings is 1. The summed E-state index contributed by atoms with van der Waals surface area (Å²) in [6.07, 6.45) is 5.21. The first-order chi connectivity index (χ1) is 14.7. The van der Waals surface area contributed by atoms with E-state index in [2.05, 4.69) is 32.4 Å². The highest BCUT2D eigenvalue weighted by Gasteiger charge is 2.24. The lowest BCUT2D eigenvalue weighted by Gasteiger charge is -2.31. The van der Waals surface area contributed by atoms with Gasteiger partial charge >= 0.3 is 6.03 Å². The third-order valence-electron chi connectivity index (χ3n) is 5.12. The van der Waals surface area contributed by atoms with Crippen LogP contribution in [0, 0.1) is 11.8 Å². The molecule has 0 bridgehead atoms. The second kappa shape index (κ2) is 9.14. The van der Waals surface area contributed by atoms with Crippen LogP contribution in [0.15, 0.2) is 54.9 Å². The summed E-state index contributed by atoms with van der Waals surface area (Å²) in [6.45, 7) is 1.53. The predicted molar refractivity (Wildman–Crippen MR) is 114 cm³/mol. The van der Waals surface area contributed by atoms with Gasteiger partial charge < -0.3 is 20.5 Å². The average Bonchev–Trinajstić information content (AvgIpc) is 3.26. The Morgan fingerprint density at radius 1 is 1.20 bits per heavy atom. The Morgan fingerprint density at radius 2 is 2.07 bits per heavy atom. The van der Waals surface area contributed by atoms with Gasteiger partial charge in [0.15, 0.2) is 0 Å². The van der Waals surface area contributed by atoms with Crippen molar-refractivity contribution in [2.45, 2.75) is 25.4 Å². The summed E-state index contributed by atoms with van der Waals surface area (Å²) in [6, 6.07) is 12.9. The number of pyridine rings is 1. The van der Waals surface area contributed by atoms with Gasteiger partial charge in [-0.1, -0.05) is 24.1 Å². The van der Waals surface area contributed by atoms with Gasteiger partial charge in [-0.05, 0) is 42.7 Å². The molecule has 0 spiro atoms. The van der Waals surface area contributed by atoms with Gasteiger partial charge in [0, 0.05) is 54.9 Å². The number of amides is 3. The lowest BCUT2D eigenvalue weighted by molar-refractivity contribution is -0.126. The monoisotopic (exact) mass is 401 g/mol. The van der Waals surface area contributed by atoms with Crippen LogP contribution in [0.4, 0.5) is 4.79 Å². The van der Waals surface area contributed by atoms with Crippen molar-refractivity contribution >= 4 is 23.0 Å². The number of hydrogen-bond donors (Lipinski definition) is 3. The van der Waals surface area contributed by atoms with Gasteiger partial charge in [0.2, 0.25) is 0 Å². The van der Waals surface area contributed by atoms with E-state index in [1.807, 2.05) is 48.7 Å². The number of aromatic nitrogens is 2. The third-order valence-corrected chi connectivity index (χ3v) is 5.12. The van der Waals surface area contributed by atoms with Crippen LogP contribution in [0.2, 0.25) is 0 Å². The smallest absolute Gasteiger partial charge is 0.315 e. The van der Waals surface area contributed by atoms with E-state index in [9.17, 15) is 9.59 Å². The summed E-state index contributed by atoms with van der Waals surface area (Å²) >= 11 is 0. The van der Waals surface area contributed by atoms with Crippen molar-refractivity contribution in [2.24, 2.45) is 0 Å². The van der Waals surface area contributed by atoms with Gasteiger partial charge in [0.1, 0.15) is 5.65 Å². The number of benzene rings is 1. The van der Waals surface area contributed by atoms with Crippen LogP contribution in [-0.4, -0.2) is 45.9 Å². The van der Waals surface area contributed by atoms with E-state index in [1.54, 1.807) is 11.1 Å².